The van der Waals surface area contributed by atoms with Crippen molar-refractivity contribution in [1.82, 2.24) is 19.3 Å². The fourth-order valence-corrected chi connectivity index (χ4v) is 3.07. The van der Waals surface area contributed by atoms with Crippen LogP contribution in [0.4, 0.5) is 0 Å². The lowest BCUT2D eigenvalue weighted by Gasteiger charge is -2.21. The van der Waals surface area contributed by atoms with Gasteiger partial charge in [-0.3, -0.25) is 10.4 Å². The number of rotatable bonds is 7. The Kier molecular flexibility index (Phi) is 4.66. The highest BCUT2D eigenvalue weighted by molar-refractivity contribution is 7.89. The maximum absolute atomic E-state index is 12.5. The van der Waals surface area contributed by atoms with Gasteiger partial charge in [0, 0.05) is 31.9 Å². The number of aromatic amines is 1. The number of pyridine rings is 1. The molecule has 21 heavy (non-hydrogen) atoms. The molecule has 0 aromatic carbocycles. The first-order valence-electron chi connectivity index (χ1n) is 6.20. The summed E-state index contributed by atoms with van der Waals surface area (Å²) in [6.07, 6.45) is 5.93. The lowest BCUT2D eigenvalue weighted by Crippen LogP contribution is -2.33. The van der Waals surface area contributed by atoms with Crippen molar-refractivity contribution in [3.8, 4) is 0 Å². The van der Waals surface area contributed by atoms with E-state index in [4.69, 9.17) is 11.1 Å². The zero-order valence-electron chi connectivity index (χ0n) is 11.2. The Morgan fingerprint density at radius 2 is 2.19 bits per heavy atom. The smallest absolute Gasteiger partial charge is 0.260 e. The van der Waals surface area contributed by atoms with E-state index in [0.29, 0.717) is 0 Å². The van der Waals surface area contributed by atoms with Gasteiger partial charge in [0.25, 0.3) is 10.0 Å². The van der Waals surface area contributed by atoms with Crippen molar-refractivity contribution < 1.29 is 8.42 Å². The Bertz CT molecular complexity index is 684. The summed E-state index contributed by atoms with van der Waals surface area (Å²) >= 11 is 0. The van der Waals surface area contributed by atoms with Gasteiger partial charge >= 0.3 is 0 Å². The molecule has 0 saturated carbocycles. The number of nitrogens with zero attached hydrogens (tertiary/aromatic N) is 3. The molecule has 9 heteroatoms. The second-order valence-corrected chi connectivity index (χ2v) is 6.30. The summed E-state index contributed by atoms with van der Waals surface area (Å²) < 4.78 is 26.3. The average molecular weight is 308 g/mol. The number of amidine groups is 1. The molecule has 0 unspecified atom stereocenters. The van der Waals surface area contributed by atoms with Crippen LogP contribution < -0.4 is 5.73 Å². The normalized spacial score (nSPS) is 11.7. The third-order valence-electron chi connectivity index (χ3n) is 2.80. The molecule has 0 aliphatic heterocycles. The molecule has 2 rings (SSSR count). The summed E-state index contributed by atoms with van der Waals surface area (Å²) in [6.45, 7) is 0.272. The molecule has 0 amide bonds. The molecule has 8 nitrogen and oxygen atoms in total. The van der Waals surface area contributed by atoms with Crippen LogP contribution in [0.5, 0.6) is 0 Å². The highest BCUT2D eigenvalue weighted by Crippen LogP contribution is 2.16. The maximum Gasteiger partial charge on any atom is 0.260 e. The number of imidazole rings is 1. The van der Waals surface area contributed by atoms with Crippen molar-refractivity contribution >= 4 is 15.9 Å². The van der Waals surface area contributed by atoms with Gasteiger partial charge in [0.1, 0.15) is 0 Å². The van der Waals surface area contributed by atoms with E-state index in [-0.39, 0.29) is 30.4 Å². The minimum Gasteiger partial charge on any atom is -0.388 e. The summed E-state index contributed by atoms with van der Waals surface area (Å²) in [5.74, 6) is -0.0639. The molecule has 2 aromatic heterocycles. The van der Waals surface area contributed by atoms with Crippen molar-refractivity contribution in [2.45, 2.75) is 18.0 Å². The number of nitrogens with two attached hydrogens (primary N) is 1. The van der Waals surface area contributed by atoms with E-state index in [2.05, 4.69) is 15.0 Å². The van der Waals surface area contributed by atoms with Gasteiger partial charge in [-0.05, 0) is 11.6 Å². The molecular weight excluding hydrogens is 292 g/mol. The Hall–Kier alpha value is -2.26. The van der Waals surface area contributed by atoms with Crippen LogP contribution in [0.2, 0.25) is 0 Å². The highest BCUT2D eigenvalue weighted by atomic mass is 32.2. The van der Waals surface area contributed by atoms with Gasteiger partial charge in [-0.2, -0.15) is 4.31 Å². The zero-order chi connectivity index (χ0) is 15.3. The second kappa shape index (κ2) is 6.46. The monoisotopic (exact) mass is 308 g/mol. The number of nitrogens with one attached hydrogen (secondary N) is 2. The average Bonchev–Trinajstić information content (AvgIpc) is 2.99. The van der Waals surface area contributed by atoms with E-state index < -0.39 is 10.0 Å². The number of aromatic nitrogens is 3. The Morgan fingerprint density at radius 1 is 1.38 bits per heavy atom. The molecule has 2 heterocycles. The lowest BCUT2D eigenvalue weighted by atomic mass is 10.3. The Morgan fingerprint density at radius 3 is 2.76 bits per heavy atom. The van der Waals surface area contributed by atoms with E-state index >= 15 is 0 Å². The van der Waals surface area contributed by atoms with Gasteiger partial charge in [0.2, 0.25) is 0 Å². The number of hydrogen-bond acceptors (Lipinski definition) is 5. The molecule has 0 aliphatic rings. The van der Waals surface area contributed by atoms with Gasteiger partial charge in [0.05, 0.1) is 18.4 Å². The lowest BCUT2D eigenvalue weighted by molar-refractivity contribution is 0.412. The number of hydrogen-bond donors (Lipinski definition) is 3. The van der Waals surface area contributed by atoms with E-state index in [0.717, 1.165) is 5.56 Å². The summed E-state index contributed by atoms with van der Waals surface area (Å²) in [6, 6.07) is 3.53. The van der Waals surface area contributed by atoms with Crippen molar-refractivity contribution in [3.63, 3.8) is 0 Å². The molecule has 4 N–H and O–H groups in total. The molecule has 0 aliphatic carbocycles. The SMILES string of the molecule is N=C(N)CCN(Cc1cccnc1)S(=O)(=O)c1cnc[nH]1. The summed E-state index contributed by atoms with van der Waals surface area (Å²) in [5.41, 5.74) is 6.08. The maximum atomic E-state index is 12.5. The second-order valence-electron chi connectivity index (χ2n) is 4.39. The highest BCUT2D eigenvalue weighted by Gasteiger charge is 2.25. The van der Waals surface area contributed by atoms with E-state index in [1.165, 1.54) is 16.8 Å². The summed E-state index contributed by atoms with van der Waals surface area (Å²) in [5, 5.41) is 7.28. The standard InChI is InChI=1S/C12H16N6O2S/c13-11(14)3-5-18(8-10-2-1-4-15-6-10)21(19,20)12-7-16-9-17-12/h1-2,4,6-7,9H,3,5,8H2,(H3,13,14)(H,16,17). The number of H-pyrrole nitrogens is 1. The summed E-state index contributed by atoms with van der Waals surface area (Å²) in [4.78, 5) is 10.3. The van der Waals surface area contributed by atoms with Crippen molar-refractivity contribution in [2.24, 2.45) is 5.73 Å². The van der Waals surface area contributed by atoms with E-state index in [1.54, 1.807) is 24.5 Å². The van der Waals surface area contributed by atoms with Gasteiger partial charge in [-0.15, -0.1) is 0 Å². The third-order valence-corrected chi connectivity index (χ3v) is 4.57. The molecule has 0 saturated heterocycles. The van der Waals surface area contributed by atoms with E-state index in [1.807, 2.05) is 0 Å². The molecule has 0 spiro atoms. The molecular formula is C12H16N6O2S. The number of sulfonamides is 1. The molecule has 0 radical (unpaired) electrons. The predicted octanol–water partition coefficient (Wildman–Crippen LogP) is 0.322. The minimum atomic E-state index is -3.72. The van der Waals surface area contributed by atoms with Gasteiger partial charge in [-0.1, -0.05) is 6.07 Å². The van der Waals surface area contributed by atoms with Crippen molar-refractivity contribution in [2.75, 3.05) is 6.54 Å². The van der Waals surface area contributed by atoms with Crippen LogP contribution in [0.15, 0.2) is 42.1 Å². The third kappa shape index (κ3) is 3.86. The zero-order valence-corrected chi connectivity index (χ0v) is 12.0. The Labute approximate surface area is 122 Å². The van der Waals surface area contributed by atoms with Crippen LogP contribution in [0.25, 0.3) is 0 Å². The minimum absolute atomic E-state index is 0.00921. The largest absolute Gasteiger partial charge is 0.388 e. The molecule has 0 fully saturated rings. The van der Waals surface area contributed by atoms with Crippen LogP contribution in [-0.2, 0) is 16.6 Å². The van der Waals surface area contributed by atoms with Gasteiger partial charge < -0.3 is 10.7 Å². The van der Waals surface area contributed by atoms with Crippen LogP contribution in [0.1, 0.15) is 12.0 Å². The molecule has 0 bridgehead atoms. The Balaban J connectivity index is 2.25. The topological polar surface area (TPSA) is 129 Å². The summed E-state index contributed by atoms with van der Waals surface area (Å²) in [7, 11) is -3.72. The van der Waals surface area contributed by atoms with Crippen LogP contribution in [0.3, 0.4) is 0 Å². The van der Waals surface area contributed by atoms with E-state index in [9.17, 15) is 8.42 Å². The fraction of sp³-hybridized carbons (Fsp3) is 0.250. The molecule has 112 valence electrons. The molecule has 0 atom stereocenters. The van der Waals surface area contributed by atoms with Crippen LogP contribution >= 0.6 is 0 Å². The molecule has 2 aromatic rings. The van der Waals surface area contributed by atoms with Crippen molar-refractivity contribution in [1.29, 1.82) is 5.41 Å². The van der Waals surface area contributed by atoms with Crippen LogP contribution in [0, 0.1) is 5.41 Å². The van der Waals surface area contributed by atoms with Crippen molar-refractivity contribution in [3.05, 3.63) is 42.6 Å². The van der Waals surface area contributed by atoms with Gasteiger partial charge in [0.15, 0.2) is 5.03 Å². The van der Waals surface area contributed by atoms with Crippen LogP contribution in [-0.4, -0.2) is 40.1 Å². The first-order chi connectivity index (χ1) is 10.00. The predicted molar refractivity (Wildman–Crippen MR) is 77.0 cm³/mol. The first-order valence-corrected chi connectivity index (χ1v) is 7.64. The fourth-order valence-electron chi connectivity index (χ4n) is 1.75. The quantitative estimate of drug-likeness (QED) is 0.501. The first kappa shape index (κ1) is 15.1. The van der Waals surface area contributed by atoms with Gasteiger partial charge in [-0.25, -0.2) is 13.4 Å².